The molecular formula is C12H15F2N3O4. The molecule has 1 unspecified atom stereocenters. The van der Waals surface area contributed by atoms with E-state index in [-0.39, 0.29) is 19.4 Å². The number of aliphatic hydroxyl groups excluding tert-OH is 2. The van der Waals surface area contributed by atoms with Crippen LogP contribution in [0.3, 0.4) is 0 Å². The fraction of sp³-hybridized carbons (Fsp3) is 0.667. The Kier molecular flexibility index (Phi) is 3.23. The Morgan fingerprint density at radius 3 is 2.86 bits per heavy atom. The first-order valence-electron chi connectivity index (χ1n) is 6.55. The van der Waals surface area contributed by atoms with Crippen molar-refractivity contribution >= 4 is 5.82 Å². The van der Waals surface area contributed by atoms with Crippen LogP contribution in [0, 0.1) is 11.7 Å². The third-order valence-electron chi connectivity index (χ3n) is 4.19. The highest BCUT2D eigenvalue weighted by molar-refractivity contribution is 5.27. The van der Waals surface area contributed by atoms with Gasteiger partial charge in [0.15, 0.2) is 24.0 Å². The molecule has 1 aliphatic heterocycles. The number of aliphatic hydroxyl groups is 2. The van der Waals surface area contributed by atoms with E-state index in [1.165, 1.54) is 0 Å². The zero-order valence-corrected chi connectivity index (χ0v) is 10.9. The molecule has 4 N–H and O–H groups in total. The third kappa shape index (κ3) is 2.03. The topological polar surface area (TPSA) is 111 Å². The zero-order valence-electron chi connectivity index (χ0n) is 10.9. The molecule has 1 saturated carbocycles. The number of rotatable bonds is 3. The maximum atomic E-state index is 14.6. The van der Waals surface area contributed by atoms with E-state index >= 15 is 0 Å². The molecule has 0 amide bonds. The van der Waals surface area contributed by atoms with Gasteiger partial charge in [0.25, 0.3) is 0 Å². The number of hydrogen-bond donors (Lipinski definition) is 3. The Balaban J connectivity index is 1.97. The molecule has 21 heavy (non-hydrogen) atoms. The quantitative estimate of drug-likeness (QED) is 0.683. The molecule has 0 aromatic carbocycles. The van der Waals surface area contributed by atoms with Crippen molar-refractivity contribution in [3.63, 3.8) is 0 Å². The van der Waals surface area contributed by atoms with Gasteiger partial charge in [-0.15, -0.1) is 0 Å². The summed E-state index contributed by atoms with van der Waals surface area (Å²) in [6, 6.07) is 0. The van der Waals surface area contributed by atoms with Gasteiger partial charge >= 0.3 is 5.69 Å². The van der Waals surface area contributed by atoms with Gasteiger partial charge in [0.05, 0.1) is 12.3 Å². The molecule has 1 saturated heterocycles. The minimum atomic E-state index is -1.67. The third-order valence-corrected chi connectivity index (χ3v) is 4.19. The molecule has 9 heteroatoms. The van der Waals surface area contributed by atoms with Gasteiger partial charge in [-0.2, -0.15) is 4.98 Å². The summed E-state index contributed by atoms with van der Waals surface area (Å²) in [6.07, 6.45) is -2.89. The standard InChI is InChI=1S/C12H15F2N3O4/c13-6-4-17(11(20)16-9(6)15)10-8(14)5(1-2-18)12(21-10)3-7(12)19/h4-5,7-8,10,18-19H,1-3H2,(H2,15,16,20)/t5-,7+,8-,10+,12?/m0/s1. The summed E-state index contributed by atoms with van der Waals surface area (Å²) in [6.45, 7) is -0.279. The monoisotopic (exact) mass is 303 g/mol. The Morgan fingerprint density at radius 1 is 1.62 bits per heavy atom. The summed E-state index contributed by atoms with van der Waals surface area (Å²) in [5.41, 5.74) is 3.12. The van der Waals surface area contributed by atoms with Crippen LogP contribution in [-0.2, 0) is 4.74 Å². The first-order valence-corrected chi connectivity index (χ1v) is 6.55. The smallest absolute Gasteiger partial charge is 0.351 e. The van der Waals surface area contributed by atoms with Crippen LogP contribution in [0.5, 0.6) is 0 Å². The fourth-order valence-electron chi connectivity index (χ4n) is 3.01. The van der Waals surface area contributed by atoms with Gasteiger partial charge < -0.3 is 20.7 Å². The maximum absolute atomic E-state index is 14.6. The van der Waals surface area contributed by atoms with E-state index in [1.54, 1.807) is 0 Å². The molecule has 2 heterocycles. The van der Waals surface area contributed by atoms with Gasteiger partial charge in [-0.1, -0.05) is 0 Å². The first-order chi connectivity index (χ1) is 9.90. The van der Waals surface area contributed by atoms with Gasteiger partial charge in [-0.3, -0.25) is 4.57 Å². The number of halogens is 2. The van der Waals surface area contributed by atoms with Gasteiger partial charge in [-0.25, -0.2) is 13.6 Å². The van der Waals surface area contributed by atoms with E-state index < -0.39 is 47.3 Å². The number of alkyl halides is 1. The fourth-order valence-corrected chi connectivity index (χ4v) is 3.01. The normalized spacial score (nSPS) is 38.1. The second-order valence-corrected chi connectivity index (χ2v) is 5.41. The van der Waals surface area contributed by atoms with E-state index in [2.05, 4.69) is 4.98 Å². The molecule has 1 aromatic heterocycles. The van der Waals surface area contributed by atoms with Crippen LogP contribution in [0.15, 0.2) is 11.0 Å². The van der Waals surface area contributed by atoms with Crippen molar-refractivity contribution in [2.75, 3.05) is 12.3 Å². The second kappa shape index (κ2) is 4.72. The van der Waals surface area contributed by atoms with Gasteiger partial charge in [-0.05, 0) is 6.42 Å². The first kappa shape index (κ1) is 14.4. The van der Waals surface area contributed by atoms with Gasteiger partial charge in [0.1, 0.15) is 5.60 Å². The minimum Gasteiger partial charge on any atom is -0.396 e. The van der Waals surface area contributed by atoms with Crippen LogP contribution in [0.1, 0.15) is 19.1 Å². The molecule has 1 spiro atoms. The number of aromatic nitrogens is 2. The van der Waals surface area contributed by atoms with E-state index in [4.69, 9.17) is 15.6 Å². The van der Waals surface area contributed by atoms with Crippen LogP contribution < -0.4 is 11.4 Å². The van der Waals surface area contributed by atoms with E-state index in [9.17, 15) is 18.7 Å². The molecule has 116 valence electrons. The summed E-state index contributed by atoms with van der Waals surface area (Å²) < 4.78 is 34.2. The van der Waals surface area contributed by atoms with Gasteiger partial charge in [0, 0.05) is 18.9 Å². The predicted molar refractivity (Wildman–Crippen MR) is 66.4 cm³/mol. The van der Waals surface area contributed by atoms with Crippen LogP contribution in [0.4, 0.5) is 14.6 Å². The predicted octanol–water partition coefficient (Wildman–Crippen LogP) is -0.666. The van der Waals surface area contributed by atoms with Crippen LogP contribution in [-0.4, -0.2) is 44.2 Å². The number of ether oxygens (including phenoxy) is 1. The zero-order chi connectivity index (χ0) is 15.4. The minimum absolute atomic E-state index is 0.0777. The molecule has 3 rings (SSSR count). The van der Waals surface area contributed by atoms with Crippen LogP contribution >= 0.6 is 0 Å². The number of nitrogens with two attached hydrogens (primary N) is 1. The lowest BCUT2D eigenvalue weighted by atomic mass is 9.93. The highest BCUT2D eigenvalue weighted by Gasteiger charge is 2.69. The summed E-state index contributed by atoms with van der Waals surface area (Å²) in [5.74, 6) is -2.30. The van der Waals surface area contributed by atoms with E-state index in [0.717, 1.165) is 6.20 Å². The van der Waals surface area contributed by atoms with Gasteiger partial charge in [0.2, 0.25) is 0 Å². The second-order valence-electron chi connectivity index (χ2n) is 5.41. The molecule has 2 fully saturated rings. The molecule has 0 bridgehead atoms. The number of nitrogens with zero attached hydrogens (tertiary/aromatic N) is 2. The van der Waals surface area contributed by atoms with Crippen molar-refractivity contribution in [1.29, 1.82) is 0 Å². The Labute approximate surface area is 118 Å². The van der Waals surface area contributed by atoms with Crippen molar-refractivity contribution in [3.05, 3.63) is 22.5 Å². The van der Waals surface area contributed by atoms with Crippen LogP contribution in [0.25, 0.3) is 0 Å². The average Bonchev–Trinajstić information content (AvgIpc) is 2.99. The average molecular weight is 303 g/mol. The molecule has 0 radical (unpaired) electrons. The Hall–Kier alpha value is -1.58. The summed E-state index contributed by atoms with van der Waals surface area (Å²) in [4.78, 5) is 15.0. The summed E-state index contributed by atoms with van der Waals surface area (Å²) in [5, 5.41) is 18.7. The molecule has 2 aliphatic rings. The highest BCUT2D eigenvalue weighted by Crippen LogP contribution is 2.58. The number of anilines is 1. The molecule has 7 nitrogen and oxygen atoms in total. The molecule has 5 atom stereocenters. The van der Waals surface area contributed by atoms with Crippen molar-refractivity contribution in [2.45, 2.75) is 36.9 Å². The Morgan fingerprint density at radius 2 is 2.29 bits per heavy atom. The van der Waals surface area contributed by atoms with Crippen molar-refractivity contribution in [3.8, 4) is 0 Å². The number of hydrogen-bond acceptors (Lipinski definition) is 6. The Bertz CT molecular complexity index is 625. The molecule has 1 aliphatic carbocycles. The highest BCUT2D eigenvalue weighted by atomic mass is 19.1. The summed E-state index contributed by atoms with van der Waals surface area (Å²) in [7, 11) is 0. The largest absolute Gasteiger partial charge is 0.396 e. The van der Waals surface area contributed by atoms with Crippen molar-refractivity contribution in [1.82, 2.24) is 9.55 Å². The number of nitrogen functional groups attached to an aromatic ring is 1. The van der Waals surface area contributed by atoms with Crippen LogP contribution in [0.2, 0.25) is 0 Å². The lowest BCUT2D eigenvalue weighted by molar-refractivity contribution is -0.0554. The molecular weight excluding hydrogens is 288 g/mol. The lowest BCUT2D eigenvalue weighted by Gasteiger charge is -2.17. The van der Waals surface area contributed by atoms with E-state index in [1.807, 2.05) is 0 Å². The van der Waals surface area contributed by atoms with E-state index in [0.29, 0.717) is 4.57 Å². The SMILES string of the molecule is Nc1nc(=O)n([C@@H]2OC3(C[C@H]3O)[C@@H](CCO)[C@@H]2F)cc1F. The maximum Gasteiger partial charge on any atom is 0.351 e. The summed E-state index contributed by atoms with van der Waals surface area (Å²) >= 11 is 0. The molecule has 1 aromatic rings. The van der Waals surface area contributed by atoms with Crippen molar-refractivity contribution < 1.29 is 23.7 Å². The lowest BCUT2D eigenvalue weighted by Crippen LogP contribution is -2.32. The van der Waals surface area contributed by atoms with Crippen molar-refractivity contribution in [2.24, 2.45) is 5.92 Å².